The average Bonchev–Trinajstić information content (AvgIpc) is 3.26. The van der Waals surface area contributed by atoms with Crippen molar-refractivity contribution in [2.45, 2.75) is 25.0 Å². The zero-order chi connectivity index (χ0) is 20.5. The number of nitrogens with one attached hydrogen (secondary N) is 1. The van der Waals surface area contributed by atoms with Gasteiger partial charge < -0.3 is 19.9 Å². The van der Waals surface area contributed by atoms with E-state index in [1.807, 2.05) is 0 Å². The first-order valence-corrected chi connectivity index (χ1v) is 9.45. The van der Waals surface area contributed by atoms with Crippen molar-refractivity contribution in [2.75, 3.05) is 6.61 Å². The maximum Gasteiger partial charge on any atom is 0.408 e. The molecule has 2 saturated carbocycles. The molecule has 3 rings (SSSR count). The summed E-state index contributed by atoms with van der Waals surface area (Å²) in [4.78, 5) is 36.5. The van der Waals surface area contributed by atoms with Crippen LogP contribution in [-0.2, 0) is 25.7 Å². The Morgan fingerprint density at radius 2 is 1.93 bits per heavy atom. The second kappa shape index (κ2) is 8.01. The first-order chi connectivity index (χ1) is 13.3. The molecule has 2 aliphatic rings. The molecule has 2 fully saturated rings. The van der Waals surface area contributed by atoms with Crippen LogP contribution >= 0.6 is 23.2 Å². The summed E-state index contributed by atoms with van der Waals surface area (Å²) in [6, 6.07) is 4.76. The number of alkyl carbamates (subject to hydrolysis) is 1. The monoisotopic (exact) mass is 427 g/mol. The van der Waals surface area contributed by atoms with Gasteiger partial charge in [0, 0.05) is 16.0 Å². The Labute approximate surface area is 171 Å². The van der Waals surface area contributed by atoms with Crippen molar-refractivity contribution >= 4 is 41.2 Å². The molecule has 150 valence electrons. The van der Waals surface area contributed by atoms with E-state index in [0.717, 1.165) is 0 Å². The van der Waals surface area contributed by atoms with Crippen LogP contribution in [0.3, 0.4) is 0 Å². The first kappa shape index (κ1) is 20.5. The molecule has 2 N–H and O–H groups in total. The standard InChI is InChI=1S/C19H19Cl2NO6/c1-2-5-27-18(26)22-19(4-3-13-14(15(13)19)16(23)24)17(25)28-9-10-6-11(20)8-12(21)7-10/h2,6-8,13-15H,1,3-5,9H2,(H,22,26)(H,23,24)/t13-,14-,15-,19-/m0/s1. The molecular weight excluding hydrogens is 409 g/mol. The highest BCUT2D eigenvalue weighted by Gasteiger charge is 2.72. The smallest absolute Gasteiger partial charge is 0.408 e. The highest BCUT2D eigenvalue weighted by Crippen LogP contribution is 2.62. The summed E-state index contributed by atoms with van der Waals surface area (Å²) in [6.07, 6.45) is 1.35. The number of fused-ring (bicyclic) bond motifs is 1. The Hall–Kier alpha value is -2.25. The molecule has 7 nitrogen and oxygen atoms in total. The van der Waals surface area contributed by atoms with Crippen LogP contribution in [0.25, 0.3) is 0 Å². The normalized spacial score (nSPS) is 27.4. The van der Waals surface area contributed by atoms with Crippen molar-refractivity contribution < 1.29 is 29.0 Å². The number of hydrogen-bond acceptors (Lipinski definition) is 5. The first-order valence-electron chi connectivity index (χ1n) is 8.69. The lowest BCUT2D eigenvalue weighted by Crippen LogP contribution is -2.56. The fraction of sp³-hybridized carbons (Fsp3) is 0.421. The molecule has 0 saturated heterocycles. The molecule has 9 heteroatoms. The van der Waals surface area contributed by atoms with E-state index in [4.69, 9.17) is 32.7 Å². The topological polar surface area (TPSA) is 102 Å². The van der Waals surface area contributed by atoms with E-state index in [0.29, 0.717) is 22.0 Å². The van der Waals surface area contributed by atoms with Crippen molar-refractivity contribution in [1.82, 2.24) is 5.32 Å². The van der Waals surface area contributed by atoms with Crippen LogP contribution in [0, 0.1) is 17.8 Å². The molecule has 1 amide bonds. The van der Waals surface area contributed by atoms with E-state index in [1.54, 1.807) is 18.2 Å². The van der Waals surface area contributed by atoms with Gasteiger partial charge in [-0.15, -0.1) is 0 Å². The summed E-state index contributed by atoms with van der Waals surface area (Å²) in [5.41, 5.74) is -0.857. The Morgan fingerprint density at radius 3 is 2.50 bits per heavy atom. The summed E-state index contributed by atoms with van der Waals surface area (Å²) in [6.45, 7) is 3.31. The molecule has 28 heavy (non-hydrogen) atoms. The highest BCUT2D eigenvalue weighted by molar-refractivity contribution is 6.34. The Kier molecular flexibility index (Phi) is 5.86. The quantitative estimate of drug-likeness (QED) is 0.510. The molecule has 0 heterocycles. The number of esters is 1. The predicted octanol–water partition coefficient (Wildman–Crippen LogP) is 3.43. The molecule has 0 aliphatic heterocycles. The number of carboxylic acids is 1. The second-order valence-electron chi connectivity index (χ2n) is 6.93. The molecule has 4 atom stereocenters. The number of halogens is 2. The van der Waals surface area contributed by atoms with Crippen molar-refractivity contribution in [2.24, 2.45) is 17.8 Å². The van der Waals surface area contributed by atoms with E-state index < -0.39 is 35.4 Å². The van der Waals surface area contributed by atoms with Gasteiger partial charge in [0.1, 0.15) is 18.8 Å². The minimum absolute atomic E-state index is 0.0333. The Balaban J connectivity index is 1.76. The number of hydrogen-bond donors (Lipinski definition) is 2. The Morgan fingerprint density at radius 1 is 1.25 bits per heavy atom. The maximum absolute atomic E-state index is 13.0. The summed E-state index contributed by atoms with van der Waals surface area (Å²) in [5, 5.41) is 12.7. The number of carbonyl (C=O) groups is 3. The van der Waals surface area contributed by atoms with Crippen LogP contribution in [0.1, 0.15) is 18.4 Å². The second-order valence-corrected chi connectivity index (χ2v) is 7.80. The van der Waals surface area contributed by atoms with E-state index in [1.165, 1.54) is 6.08 Å². The summed E-state index contributed by atoms with van der Waals surface area (Å²) in [7, 11) is 0. The minimum Gasteiger partial charge on any atom is -0.481 e. The SMILES string of the molecule is C=CCOC(=O)N[C@@]1(C(=O)OCc2cc(Cl)cc(Cl)c2)CC[C@H]2[C@H](C(=O)O)[C@H]21. The summed E-state index contributed by atoms with van der Waals surface area (Å²) < 4.78 is 10.3. The molecular formula is C19H19Cl2NO6. The van der Waals surface area contributed by atoms with E-state index >= 15 is 0 Å². The van der Waals surface area contributed by atoms with Crippen LogP contribution < -0.4 is 5.32 Å². The van der Waals surface area contributed by atoms with Gasteiger partial charge in [-0.1, -0.05) is 35.9 Å². The largest absolute Gasteiger partial charge is 0.481 e. The van der Waals surface area contributed by atoms with E-state index in [2.05, 4.69) is 11.9 Å². The van der Waals surface area contributed by atoms with Crippen LogP contribution in [0.5, 0.6) is 0 Å². The fourth-order valence-electron chi connectivity index (χ4n) is 4.06. The molecule has 0 aromatic heterocycles. The van der Waals surface area contributed by atoms with Crippen LogP contribution in [0.4, 0.5) is 4.79 Å². The fourth-order valence-corrected chi connectivity index (χ4v) is 4.63. The van der Waals surface area contributed by atoms with Crippen molar-refractivity contribution in [3.8, 4) is 0 Å². The lowest BCUT2D eigenvalue weighted by Gasteiger charge is -2.30. The zero-order valence-corrected chi connectivity index (χ0v) is 16.3. The van der Waals surface area contributed by atoms with Crippen molar-refractivity contribution in [1.29, 1.82) is 0 Å². The Bertz CT molecular complexity index is 808. The molecule has 1 aromatic rings. The van der Waals surface area contributed by atoms with Gasteiger partial charge in [-0.2, -0.15) is 0 Å². The third-order valence-electron chi connectivity index (χ3n) is 5.21. The number of benzene rings is 1. The molecule has 0 spiro atoms. The van der Waals surface area contributed by atoms with Crippen molar-refractivity contribution in [3.05, 3.63) is 46.5 Å². The third-order valence-corrected chi connectivity index (χ3v) is 5.65. The minimum atomic E-state index is -1.44. The lowest BCUT2D eigenvalue weighted by molar-refractivity contribution is -0.154. The molecule has 0 radical (unpaired) electrons. The number of ether oxygens (including phenoxy) is 2. The third kappa shape index (κ3) is 3.95. The summed E-state index contributed by atoms with van der Waals surface area (Å²) in [5.74, 6) is -3.09. The van der Waals surface area contributed by atoms with Gasteiger partial charge in [0.25, 0.3) is 0 Å². The van der Waals surface area contributed by atoms with Gasteiger partial charge in [-0.05, 0) is 42.5 Å². The highest BCUT2D eigenvalue weighted by atomic mass is 35.5. The van der Waals surface area contributed by atoms with Gasteiger partial charge in [0.2, 0.25) is 0 Å². The number of amides is 1. The number of aliphatic carboxylic acids is 1. The molecule has 0 unspecified atom stereocenters. The van der Waals surface area contributed by atoms with E-state index in [9.17, 15) is 19.5 Å². The zero-order valence-electron chi connectivity index (χ0n) is 14.8. The molecule has 2 aliphatic carbocycles. The number of rotatable bonds is 7. The average molecular weight is 428 g/mol. The van der Waals surface area contributed by atoms with Gasteiger partial charge >= 0.3 is 18.0 Å². The number of carbonyl (C=O) groups excluding carboxylic acids is 2. The van der Waals surface area contributed by atoms with E-state index in [-0.39, 0.29) is 25.6 Å². The van der Waals surface area contributed by atoms with Gasteiger partial charge in [0.15, 0.2) is 0 Å². The van der Waals surface area contributed by atoms with Crippen LogP contribution in [0.15, 0.2) is 30.9 Å². The van der Waals surface area contributed by atoms with Gasteiger partial charge in [-0.3, -0.25) is 4.79 Å². The lowest BCUT2D eigenvalue weighted by atomic mass is 9.90. The van der Waals surface area contributed by atoms with Crippen LogP contribution in [-0.4, -0.2) is 35.3 Å². The predicted molar refractivity (Wildman–Crippen MR) is 101 cm³/mol. The molecule has 1 aromatic carbocycles. The van der Waals surface area contributed by atoms with Gasteiger partial charge in [0.05, 0.1) is 5.92 Å². The maximum atomic E-state index is 13.0. The molecule has 0 bridgehead atoms. The number of carboxylic acid groups (broad SMARTS) is 1. The van der Waals surface area contributed by atoms with Gasteiger partial charge in [-0.25, -0.2) is 9.59 Å². The van der Waals surface area contributed by atoms with Crippen LogP contribution in [0.2, 0.25) is 10.0 Å². The summed E-state index contributed by atoms with van der Waals surface area (Å²) >= 11 is 11.9. The van der Waals surface area contributed by atoms with Crippen molar-refractivity contribution in [3.63, 3.8) is 0 Å².